The Balaban J connectivity index is 2.45. The molecule has 1 heterocycles. The standard InChI is InChI=1S/C9H7O2/c1-2-6-9-8(4-1)5-3-7-10-11-9/h1-4,6H,7H2. The maximum absolute atomic E-state index is 4.95. The zero-order valence-electron chi connectivity index (χ0n) is 5.91. The average Bonchev–Trinajstić information content (AvgIpc) is 2.28. The fraction of sp³-hybridized carbons (Fsp3) is 0.111. The van der Waals surface area contributed by atoms with E-state index in [9.17, 15) is 0 Å². The molecule has 0 saturated carbocycles. The minimum atomic E-state index is 0.453. The van der Waals surface area contributed by atoms with Gasteiger partial charge in [-0.05, 0) is 18.2 Å². The molecular weight excluding hydrogens is 140 g/mol. The van der Waals surface area contributed by atoms with Crippen molar-refractivity contribution in [3.63, 3.8) is 0 Å². The molecule has 0 aliphatic carbocycles. The molecule has 0 amide bonds. The summed E-state index contributed by atoms with van der Waals surface area (Å²) in [7, 11) is 0. The van der Waals surface area contributed by atoms with Crippen LogP contribution in [0.2, 0.25) is 0 Å². The van der Waals surface area contributed by atoms with Crippen LogP contribution in [0.3, 0.4) is 0 Å². The summed E-state index contributed by atoms with van der Waals surface area (Å²) in [6.07, 6.45) is 4.85. The van der Waals surface area contributed by atoms with Gasteiger partial charge in [-0.2, -0.15) is 4.89 Å². The molecule has 2 heteroatoms. The minimum absolute atomic E-state index is 0.453. The monoisotopic (exact) mass is 147 g/mol. The largest absolute Gasteiger partial charge is 0.337 e. The first-order chi connectivity index (χ1) is 5.47. The molecule has 1 aliphatic rings. The van der Waals surface area contributed by atoms with Crippen molar-refractivity contribution in [1.29, 1.82) is 0 Å². The van der Waals surface area contributed by atoms with E-state index in [1.165, 1.54) is 0 Å². The van der Waals surface area contributed by atoms with Gasteiger partial charge in [-0.15, -0.1) is 0 Å². The van der Waals surface area contributed by atoms with Gasteiger partial charge in [0.1, 0.15) is 6.61 Å². The molecule has 0 N–H and O–H groups in total. The van der Waals surface area contributed by atoms with Gasteiger partial charge >= 0.3 is 0 Å². The SMILES string of the molecule is [C]1=CCOOc2ccccc21. The molecule has 0 aromatic heterocycles. The summed E-state index contributed by atoms with van der Waals surface area (Å²) in [6, 6.07) is 7.62. The van der Waals surface area contributed by atoms with Gasteiger partial charge in [0.25, 0.3) is 0 Å². The summed E-state index contributed by atoms with van der Waals surface area (Å²) >= 11 is 0. The molecule has 1 aliphatic heterocycles. The van der Waals surface area contributed by atoms with Gasteiger partial charge in [-0.3, -0.25) is 0 Å². The third-order valence-corrected chi connectivity index (χ3v) is 1.44. The molecule has 1 aromatic carbocycles. The number of para-hydroxylation sites is 1. The fourth-order valence-corrected chi connectivity index (χ4v) is 0.942. The second-order valence-electron chi connectivity index (χ2n) is 2.21. The van der Waals surface area contributed by atoms with Crippen LogP contribution >= 0.6 is 0 Å². The molecular formula is C9H7O2. The molecule has 0 fully saturated rings. The predicted molar refractivity (Wildman–Crippen MR) is 39.9 cm³/mol. The van der Waals surface area contributed by atoms with Gasteiger partial charge in [0, 0.05) is 5.56 Å². The molecule has 11 heavy (non-hydrogen) atoms. The van der Waals surface area contributed by atoms with E-state index >= 15 is 0 Å². The van der Waals surface area contributed by atoms with Gasteiger partial charge in [-0.25, -0.2) is 0 Å². The molecule has 55 valence electrons. The van der Waals surface area contributed by atoms with Gasteiger partial charge < -0.3 is 4.89 Å². The van der Waals surface area contributed by atoms with Crippen LogP contribution in [0, 0.1) is 6.08 Å². The lowest BCUT2D eigenvalue weighted by atomic mass is 10.2. The molecule has 0 bridgehead atoms. The van der Waals surface area contributed by atoms with Crippen LogP contribution in [0.5, 0.6) is 5.75 Å². The highest BCUT2D eigenvalue weighted by molar-refractivity contribution is 5.37. The van der Waals surface area contributed by atoms with Crippen LogP contribution in [-0.2, 0) is 4.89 Å². The van der Waals surface area contributed by atoms with Crippen LogP contribution in [0.25, 0.3) is 0 Å². The summed E-state index contributed by atoms with van der Waals surface area (Å²) in [4.78, 5) is 9.76. The topological polar surface area (TPSA) is 18.5 Å². The number of rotatable bonds is 0. The Morgan fingerprint density at radius 1 is 1.27 bits per heavy atom. The quantitative estimate of drug-likeness (QED) is 0.520. The van der Waals surface area contributed by atoms with E-state index in [4.69, 9.17) is 9.78 Å². The Hall–Kier alpha value is -1.28. The number of hydrogen-bond donors (Lipinski definition) is 0. The average molecular weight is 147 g/mol. The Morgan fingerprint density at radius 2 is 2.18 bits per heavy atom. The lowest BCUT2D eigenvalue weighted by molar-refractivity contribution is -0.194. The Morgan fingerprint density at radius 3 is 3.18 bits per heavy atom. The normalized spacial score (nSPS) is 14.9. The third-order valence-electron chi connectivity index (χ3n) is 1.44. The summed E-state index contributed by atoms with van der Waals surface area (Å²) in [5, 5.41) is 0. The van der Waals surface area contributed by atoms with Gasteiger partial charge in [0.05, 0.1) is 0 Å². The molecule has 0 unspecified atom stereocenters. The van der Waals surface area contributed by atoms with Crippen molar-refractivity contribution < 1.29 is 9.78 Å². The van der Waals surface area contributed by atoms with Crippen LogP contribution in [-0.4, -0.2) is 6.61 Å². The first-order valence-electron chi connectivity index (χ1n) is 3.43. The predicted octanol–water partition coefficient (Wildman–Crippen LogP) is 1.72. The number of hydrogen-bond acceptors (Lipinski definition) is 2. The molecule has 2 rings (SSSR count). The van der Waals surface area contributed by atoms with E-state index in [0.717, 1.165) is 11.3 Å². The van der Waals surface area contributed by atoms with Gasteiger partial charge in [0.15, 0.2) is 5.75 Å². The lowest BCUT2D eigenvalue weighted by Crippen LogP contribution is -1.94. The second kappa shape index (κ2) is 2.76. The van der Waals surface area contributed by atoms with E-state index in [0.29, 0.717) is 6.61 Å². The van der Waals surface area contributed by atoms with Crippen LogP contribution < -0.4 is 4.89 Å². The van der Waals surface area contributed by atoms with E-state index in [1.54, 1.807) is 6.08 Å². The molecule has 0 spiro atoms. The summed E-state index contributed by atoms with van der Waals surface area (Å²) in [5.74, 6) is 0.723. The Labute approximate surface area is 65.0 Å². The van der Waals surface area contributed by atoms with Crippen molar-refractivity contribution in [1.82, 2.24) is 0 Å². The summed E-state index contributed by atoms with van der Waals surface area (Å²) < 4.78 is 0. The van der Waals surface area contributed by atoms with Crippen molar-refractivity contribution in [3.05, 3.63) is 42.0 Å². The lowest BCUT2D eigenvalue weighted by Gasteiger charge is -2.01. The molecule has 1 radical (unpaired) electrons. The van der Waals surface area contributed by atoms with Crippen LogP contribution in [0.4, 0.5) is 0 Å². The molecule has 2 nitrogen and oxygen atoms in total. The number of benzene rings is 1. The van der Waals surface area contributed by atoms with E-state index in [1.807, 2.05) is 24.3 Å². The van der Waals surface area contributed by atoms with E-state index in [-0.39, 0.29) is 0 Å². The van der Waals surface area contributed by atoms with Crippen molar-refractivity contribution >= 4 is 0 Å². The highest BCUT2D eigenvalue weighted by Gasteiger charge is 2.02. The van der Waals surface area contributed by atoms with Crippen molar-refractivity contribution in [2.45, 2.75) is 0 Å². The first-order valence-corrected chi connectivity index (χ1v) is 3.43. The van der Waals surface area contributed by atoms with Crippen molar-refractivity contribution in [3.8, 4) is 5.75 Å². The molecule has 0 atom stereocenters. The summed E-state index contributed by atoms with van der Waals surface area (Å²) in [5.41, 5.74) is 0.935. The first kappa shape index (κ1) is 6.43. The highest BCUT2D eigenvalue weighted by Crippen LogP contribution is 2.19. The van der Waals surface area contributed by atoms with Crippen LogP contribution in [0.15, 0.2) is 30.3 Å². The zero-order chi connectivity index (χ0) is 7.52. The van der Waals surface area contributed by atoms with Crippen molar-refractivity contribution in [2.24, 2.45) is 0 Å². The highest BCUT2D eigenvalue weighted by atomic mass is 17.2. The minimum Gasteiger partial charge on any atom is -0.337 e. The second-order valence-corrected chi connectivity index (χ2v) is 2.21. The Bertz CT molecular complexity index is 279. The molecule has 1 aromatic rings. The van der Waals surface area contributed by atoms with Crippen LogP contribution in [0.1, 0.15) is 5.56 Å². The third kappa shape index (κ3) is 1.25. The Kier molecular flexibility index (Phi) is 1.61. The maximum atomic E-state index is 4.95. The van der Waals surface area contributed by atoms with Gasteiger partial charge in [0.2, 0.25) is 0 Å². The van der Waals surface area contributed by atoms with E-state index in [2.05, 4.69) is 6.08 Å². The van der Waals surface area contributed by atoms with Crippen molar-refractivity contribution in [2.75, 3.05) is 6.61 Å². The van der Waals surface area contributed by atoms with E-state index < -0.39 is 0 Å². The van der Waals surface area contributed by atoms with Gasteiger partial charge in [-0.1, -0.05) is 18.2 Å². The molecule has 0 saturated heterocycles. The smallest absolute Gasteiger partial charge is 0.173 e. The fourth-order valence-electron chi connectivity index (χ4n) is 0.942. The maximum Gasteiger partial charge on any atom is 0.173 e. The summed E-state index contributed by atoms with van der Waals surface area (Å²) in [6.45, 7) is 0.453. The number of fused-ring (bicyclic) bond motifs is 1. The zero-order valence-corrected chi connectivity index (χ0v) is 5.91.